The highest BCUT2D eigenvalue weighted by Gasteiger charge is 2.49. The van der Waals surface area contributed by atoms with Gasteiger partial charge in [0.15, 0.2) is 11.4 Å². The summed E-state index contributed by atoms with van der Waals surface area (Å²) < 4.78 is 36.8. The summed E-state index contributed by atoms with van der Waals surface area (Å²) in [5, 5.41) is 18.8. The summed E-state index contributed by atoms with van der Waals surface area (Å²) >= 11 is 0. The predicted octanol–water partition coefficient (Wildman–Crippen LogP) is 6.56. The summed E-state index contributed by atoms with van der Waals surface area (Å²) in [7, 11) is 0. The van der Waals surface area contributed by atoms with Crippen molar-refractivity contribution in [1.82, 2.24) is 0 Å². The normalized spacial score (nSPS) is 19.8. The number of benzene rings is 3. The van der Waals surface area contributed by atoms with E-state index in [9.17, 15) is 29.0 Å². The van der Waals surface area contributed by atoms with Gasteiger partial charge in [0.2, 0.25) is 5.91 Å². The Morgan fingerprint density at radius 1 is 0.868 bits per heavy atom. The van der Waals surface area contributed by atoms with E-state index in [0.717, 1.165) is 41.6 Å². The van der Waals surface area contributed by atoms with Gasteiger partial charge < -0.3 is 34.1 Å². The van der Waals surface area contributed by atoms with Crippen molar-refractivity contribution in [2.24, 2.45) is 11.8 Å². The van der Waals surface area contributed by atoms with Gasteiger partial charge >= 0.3 is 11.9 Å². The van der Waals surface area contributed by atoms with Crippen LogP contribution in [0.2, 0.25) is 0 Å². The van der Waals surface area contributed by atoms with E-state index < -0.39 is 29.4 Å². The molecule has 0 radical (unpaired) electrons. The van der Waals surface area contributed by atoms with E-state index in [1.807, 2.05) is 67.3 Å². The van der Waals surface area contributed by atoms with Gasteiger partial charge in [0.25, 0.3) is 0 Å². The Balaban J connectivity index is 1.34. The molecule has 0 aliphatic carbocycles. The second-order valence-corrected chi connectivity index (χ2v) is 14.8. The van der Waals surface area contributed by atoms with Crippen LogP contribution >= 0.6 is 0 Å². The van der Waals surface area contributed by atoms with E-state index in [0.29, 0.717) is 31.2 Å². The highest BCUT2D eigenvalue weighted by atomic mass is 19.1. The van der Waals surface area contributed by atoms with Gasteiger partial charge in [-0.3, -0.25) is 14.4 Å². The maximum absolute atomic E-state index is 13.9. The summed E-state index contributed by atoms with van der Waals surface area (Å²) in [4.78, 5) is 39.7. The van der Waals surface area contributed by atoms with Gasteiger partial charge in [0, 0.05) is 38.7 Å². The quantitative estimate of drug-likeness (QED) is 0.117. The van der Waals surface area contributed by atoms with Crippen molar-refractivity contribution < 1.29 is 47.9 Å². The standard InChI is InChI=1S/C42H52FNO9/c1-28(47)52-38(33-14-16-35(43)17-15-33)21-20-37-39(44(40(37)49)36-18-10-30(11-19-36)6-5-7-32(24-45)25-46)34-12-8-31(9-13-34)22-23-42(53-29(2)48)26-50-41(3,4)51-27-42/h8-19,32,37-39,45-46H,5-7,20-27H2,1-4H3/t37-,38?,39-/m1/s1. The number of hydrogen-bond donors (Lipinski definition) is 2. The first kappa shape index (κ1) is 40.0. The molecule has 11 heteroatoms. The SMILES string of the molecule is CC(=O)OC(CC[C@H]1C(=O)N(c2ccc(CCCC(CO)CO)cc2)[C@@H]1c1ccc(CCC2(OC(C)=O)COC(C)(C)OC2)cc1)c1ccc(F)cc1. The van der Waals surface area contributed by atoms with Gasteiger partial charge in [-0.2, -0.15) is 0 Å². The van der Waals surface area contributed by atoms with Crippen molar-refractivity contribution in [3.8, 4) is 0 Å². The number of ether oxygens (including phenoxy) is 4. The molecule has 0 aromatic heterocycles. The first-order chi connectivity index (χ1) is 25.3. The molecule has 53 heavy (non-hydrogen) atoms. The summed E-state index contributed by atoms with van der Waals surface area (Å²) in [6, 6.07) is 21.6. The molecule has 3 aromatic rings. The number of esters is 2. The zero-order valence-electron chi connectivity index (χ0n) is 31.1. The maximum atomic E-state index is 13.9. The van der Waals surface area contributed by atoms with E-state index in [4.69, 9.17) is 18.9 Å². The van der Waals surface area contributed by atoms with Crippen LogP contribution < -0.4 is 4.90 Å². The molecule has 2 heterocycles. The number of nitrogens with zero attached hydrogens (tertiary/aromatic N) is 1. The van der Waals surface area contributed by atoms with Crippen LogP contribution in [0.1, 0.15) is 94.2 Å². The topological polar surface area (TPSA) is 132 Å². The van der Waals surface area contributed by atoms with E-state index >= 15 is 0 Å². The second kappa shape index (κ2) is 17.8. The molecule has 0 saturated carbocycles. The molecule has 2 aliphatic heterocycles. The molecule has 3 aromatic carbocycles. The molecular weight excluding hydrogens is 681 g/mol. The minimum absolute atomic E-state index is 0.0372. The van der Waals surface area contributed by atoms with Gasteiger partial charge in [-0.25, -0.2) is 4.39 Å². The first-order valence-electron chi connectivity index (χ1n) is 18.4. The average Bonchev–Trinajstić information content (AvgIpc) is 3.13. The minimum Gasteiger partial charge on any atom is -0.458 e. The number of rotatable bonds is 17. The van der Waals surface area contributed by atoms with Crippen LogP contribution in [-0.2, 0) is 46.2 Å². The number of amides is 1. The third-order valence-corrected chi connectivity index (χ3v) is 10.2. The van der Waals surface area contributed by atoms with Crippen LogP contribution in [0, 0.1) is 17.7 Å². The van der Waals surface area contributed by atoms with E-state index in [2.05, 4.69) is 0 Å². The Bertz CT molecular complexity index is 1660. The zero-order valence-corrected chi connectivity index (χ0v) is 31.1. The van der Waals surface area contributed by atoms with Crippen LogP contribution in [0.15, 0.2) is 72.8 Å². The molecule has 2 N–H and O–H groups in total. The van der Waals surface area contributed by atoms with Crippen molar-refractivity contribution in [2.45, 2.75) is 96.2 Å². The summed E-state index contributed by atoms with van der Waals surface area (Å²) in [6.07, 6.45) is 3.63. The fourth-order valence-electron chi connectivity index (χ4n) is 7.17. The van der Waals surface area contributed by atoms with Crippen molar-refractivity contribution in [3.05, 3.63) is 101 Å². The smallest absolute Gasteiger partial charge is 0.303 e. The lowest BCUT2D eigenvalue weighted by Gasteiger charge is -2.48. The Labute approximate surface area is 311 Å². The molecular formula is C42H52FNO9. The molecule has 1 unspecified atom stereocenters. The number of aliphatic hydroxyl groups excluding tert-OH is 2. The summed E-state index contributed by atoms with van der Waals surface area (Å²) in [6.45, 7) is 6.75. The van der Waals surface area contributed by atoms with Crippen LogP contribution in [0.25, 0.3) is 0 Å². The molecule has 0 bridgehead atoms. The van der Waals surface area contributed by atoms with Crippen molar-refractivity contribution in [2.75, 3.05) is 31.3 Å². The largest absolute Gasteiger partial charge is 0.458 e. The van der Waals surface area contributed by atoms with Crippen molar-refractivity contribution in [1.29, 1.82) is 0 Å². The molecule has 3 atom stereocenters. The van der Waals surface area contributed by atoms with E-state index in [1.54, 1.807) is 12.1 Å². The zero-order chi connectivity index (χ0) is 38.2. The molecule has 2 fully saturated rings. The Morgan fingerprint density at radius 3 is 2.06 bits per heavy atom. The monoisotopic (exact) mass is 733 g/mol. The molecule has 0 spiro atoms. The van der Waals surface area contributed by atoms with Crippen molar-refractivity contribution >= 4 is 23.5 Å². The number of carbonyl (C=O) groups excluding carboxylic acids is 3. The molecule has 286 valence electrons. The maximum Gasteiger partial charge on any atom is 0.303 e. The summed E-state index contributed by atoms with van der Waals surface area (Å²) in [5.74, 6) is -2.55. The number of anilines is 1. The Kier molecular flexibility index (Phi) is 13.4. The first-order valence-corrected chi connectivity index (χ1v) is 18.4. The Hall–Kier alpha value is -4.16. The fraction of sp³-hybridized carbons (Fsp3) is 0.500. The molecule has 1 amide bonds. The van der Waals surface area contributed by atoms with Gasteiger partial charge in [-0.1, -0.05) is 48.5 Å². The lowest BCUT2D eigenvalue weighted by molar-refractivity contribution is -0.305. The molecule has 2 saturated heterocycles. The highest BCUT2D eigenvalue weighted by Crippen LogP contribution is 2.47. The van der Waals surface area contributed by atoms with Gasteiger partial charge in [0.05, 0.1) is 25.2 Å². The number of carbonyl (C=O) groups is 3. The Morgan fingerprint density at radius 2 is 1.47 bits per heavy atom. The van der Waals surface area contributed by atoms with Crippen LogP contribution in [0.5, 0.6) is 0 Å². The molecule has 5 rings (SSSR count). The highest BCUT2D eigenvalue weighted by molar-refractivity contribution is 6.03. The number of halogens is 1. The van der Waals surface area contributed by atoms with Gasteiger partial charge in [-0.15, -0.1) is 0 Å². The lowest BCUT2D eigenvalue weighted by atomic mass is 9.78. The minimum atomic E-state index is -0.892. The van der Waals surface area contributed by atoms with Crippen molar-refractivity contribution in [3.63, 3.8) is 0 Å². The third-order valence-electron chi connectivity index (χ3n) is 10.2. The number of hydrogen-bond acceptors (Lipinski definition) is 9. The van der Waals surface area contributed by atoms with Crippen LogP contribution in [-0.4, -0.2) is 65.9 Å². The van der Waals surface area contributed by atoms with E-state index in [-0.39, 0.29) is 56.0 Å². The van der Waals surface area contributed by atoms with Crippen LogP contribution in [0.4, 0.5) is 10.1 Å². The second-order valence-electron chi connectivity index (χ2n) is 14.8. The lowest BCUT2D eigenvalue weighted by Crippen LogP contribution is -2.55. The number of aryl methyl sites for hydroxylation is 2. The van der Waals surface area contributed by atoms with Gasteiger partial charge in [0.1, 0.15) is 11.9 Å². The molecule has 10 nitrogen and oxygen atoms in total. The fourth-order valence-corrected chi connectivity index (χ4v) is 7.17. The molecule has 2 aliphatic rings. The van der Waals surface area contributed by atoms with E-state index in [1.165, 1.54) is 26.0 Å². The van der Waals surface area contributed by atoms with Crippen LogP contribution in [0.3, 0.4) is 0 Å². The predicted molar refractivity (Wildman–Crippen MR) is 196 cm³/mol. The number of β-lactam (4-membered cyclic amide) rings is 1. The summed E-state index contributed by atoms with van der Waals surface area (Å²) in [5.41, 5.74) is 3.62. The number of aliphatic hydroxyl groups is 2. The third kappa shape index (κ3) is 10.5. The average molecular weight is 734 g/mol. The van der Waals surface area contributed by atoms with Gasteiger partial charge in [-0.05, 0) is 105 Å².